The van der Waals surface area contributed by atoms with Crippen molar-refractivity contribution >= 4 is 5.91 Å². The Balaban J connectivity index is 2.07. The van der Waals surface area contributed by atoms with Gasteiger partial charge in [-0.3, -0.25) is 4.79 Å². The van der Waals surface area contributed by atoms with Gasteiger partial charge in [-0.2, -0.15) is 5.26 Å². The first kappa shape index (κ1) is 13.9. The van der Waals surface area contributed by atoms with Crippen LogP contribution in [0.25, 0.3) is 0 Å². The van der Waals surface area contributed by atoms with Crippen LogP contribution in [0.15, 0.2) is 28.7 Å². The van der Waals surface area contributed by atoms with Crippen LogP contribution in [-0.2, 0) is 6.54 Å². The van der Waals surface area contributed by atoms with E-state index in [1.165, 1.54) is 0 Å². The van der Waals surface area contributed by atoms with Gasteiger partial charge in [-0.15, -0.1) is 0 Å². The zero-order valence-electron chi connectivity index (χ0n) is 11.8. The van der Waals surface area contributed by atoms with Crippen LogP contribution >= 0.6 is 0 Å². The fraction of sp³-hybridized carbons (Fsp3) is 0.250. The number of nitrogens with one attached hydrogen (secondary N) is 1. The van der Waals surface area contributed by atoms with Gasteiger partial charge in [-0.1, -0.05) is 12.1 Å². The van der Waals surface area contributed by atoms with Crippen molar-refractivity contribution in [3.8, 4) is 6.07 Å². The number of benzene rings is 1. The molecule has 0 aliphatic heterocycles. The van der Waals surface area contributed by atoms with Crippen molar-refractivity contribution in [3.05, 3.63) is 58.0 Å². The summed E-state index contributed by atoms with van der Waals surface area (Å²) in [7, 11) is 0. The average Bonchev–Trinajstić information content (AvgIpc) is 2.70. The summed E-state index contributed by atoms with van der Waals surface area (Å²) >= 11 is 0. The minimum Gasteiger partial charge on any atom is -0.466 e. The third kappa shape index (κ3) is 2.72. The lowest BCUT2D eigenvalue weighted by atomic mass is 10.1. The van der Waals surface area contributed by atoms with Crippen LogP contribution in [0.1, 0.15) is 38.6 Å². The lowest BCUT2D eigenvalue weighted by Crippen LogP contribution is -2.23. The molecule has 0 atom stereocenters. The topological polar surface area (TPSA) is 66.0 Å². The molecule has 102 valence electrons. The quantitative estimate of drug-likeness (QED) is 0.930. The number of furan rings is 1. The molecule has 0 saturated carbocycles. The van der Waals surface area contributed by atoms with E-state index in [0.29, 0.717) is 23.4 Å². The average molecular weight is 268 g/mol. The first-order valence-corrected chi connectivity index (χ1v) is 6.36. The highest BCUT2D eigenvalue weighted by Gasteiger charge is 2.17. The Kier molecular flexibility index (Phi) is 3.90. The normalized spacial score (nSPS) is 10.1. The number of hydrogen-bond acceptors (Lipinski definition) is 3. The molecule has 1 N–H and O–H groups in total. The molecule has 1 heterocycles. The van der Waals surface area contributed by atoms with E-state index >= 15 is 0 Å². The molecule has 0 unspecified atom stereocenters. The maximum atomic E-state index is 12.2. The molecule has 0 radical (unpaired) electrons. The van der Waals surface area contributed by atoms with Crippen molar-refractivity contribution in [3.63, 3.8) is 0 Å². The van der Waals surface area contributed by atoms with Crippen molar-refractivity contribution in [2.75, 3.05) is 0 Å². The van der Waals surface area contributed by atoms with Crippen LogP contribution in [0, 0.1) is 32.1 Å². The molecule has 2 aromatic rings. The molecule has 0 fully saturated rings. The van der Waals surface area contributed by atoms with Gasteiger partial charge in [0.05, 0.1) is 17.2 Å². The van der Waals surface area contributed by atoms with Crippen molar-refractivity contribution < 1.29 is 9.21 Å². The Morgan fingerprint density at radius 3 is 2.35 bits per heavy atom. The molecule has 1 aromatic heterocycles. The largest absolute Gasteiger partial charge is 0.466 e. The highest BCUT2D eigenvalue weighted by atomic mass is 16.3. The summed E-state index contributed by atoms with van der Waals surface area (Å²) in [5.41, 5.74) is 3.04. The molecule has 0 spiro atoms. The number of carbonyl (C=O) groups is 1. The predicted molar refractivity (Wildman–Crippen MR) is 75.2 cm³/mol. The zero-order valence-corrected chi connectivity index (χ0v) is 11.8. The van der Waals surface area contributed by atoms with E-state index in [9.17, 15) is 4.79 Å². The van der Waals surface area contributed by atoms with Crippen LogP contribution in [0.3, 0.4) is 0 Å². The van der Waals surface area contributed by atoms with E-state index in [0.717, 1.165) is 16.9 Å². The van der Waals surface area contributed by atoms with Gasteiger partial charge in [0.25, 0.3) is 5.91 Å². The summed E-state index contributed by atoms with van der Waals surface area (Å²) in [4.78, 5) is 12.2. The van der Waals surface area contributed by atoms with Gasteiger partial charge < -0.3 is 9.73 Å². The van der Waals surface area contributed by atoms with Crippen LogP contribution < -0.4 is 5.32 Å². The lowest BCUT2D eigenvalue weighted by Gasteiger charge is -2.05. The van der Waals surface area contributed by atoms with Gasteiger partial charge in [0, 0.05) is 12.1 Å². The summed E-state index contributed by atoms with van der Waals surface area (Å²) in [5, 5.41) is 11.6. The second-order valence-corrected chi connectivity index (χ2v) is 4.71. The maximum Gasteiger partial charge on any atom is 0.255 e. The lowest BCUT2D eigenvalue weighted by molar-refractivity contribution is 0.0949. The molecule has 1 amide bonds. The number of aryl methyl sites for hydroxylation is 2. The first-order chi connectivity index (χ1) is 9.52. The summed E-state index contributed by atoms with van der Waals surface area (Å²) in [5.74, 6) is 1.27. The standard InChI is InChI=1S/C16H16N2O2/c1-10-11(2)20-12(3)15(10)16(19)18-9-14-6-4-13(8-17)5-7-14/h4-7H,9H2,1-3H3,(H,18,19). The van der Waals surface area contributed by atoms with Gasteiger partial charge in [-0.25, -0.2) is 0 Å². The Morgan fingerprint density at radius 2 is 1.85 bits per heavy atom. The molecule has 0 bridgehead atoms. The number of amides is 1. The van der Waals surface area contributed by atoms with Crippen molar-refractivity contribution in [1.29, 1.82) is 5.26 Å². The van der Waals surface area contributed by atoms with Gasteiger partial charge >= 0.3 is 0 Å². The Morgan fingerprint density at radius 1 is 1.20 bits per heavy atom. The van der Waals surface area contributed by atoms with Crippen molar-refractivity contribution in [2.45, 2.75) is 27.3 Å². The third-order valence-corrected chi connectivity index (χ3v) is 3.32. The van der Waals surface area contributed by atoms with E-state index in [1.807, 2.05) is 26.0 Å². The van der Waals surface area contributed by atoms with Crippen LogP contribution in [0.4, 0.5) is 0 Å². The SMILES string of the molecule is Cc1oc(C)c(C(=O)NCc2ccc(C#N)cc2)c1C. The highest BCUT2D eigenvalue weighted by molar-refractivity contribution is 5.96. The first-order valence-electron chi connectivity index (χ1n) is 6.36. The van der Waals surface area contributed by atoms with Crippen molar-refractivity contribution in [2.24, 2.45) is 0 Å². The molecule has 4 heteroatoms. The van der Waals surface area contributed by atoms with Crippen molar-refractivity contribution in [1.82, 2.24) is 5.32 Å². The Labute approximate surface area is 118 Å². The maximum absolute atomic E-state index is 12.2. The molecule has 20 heavy (non-hydrogen) atoms. The molecule has 1 aromatic carbocycles. The number of rotatable bonds is 3. The monoisotopic (exact) mass is 268 g/mol. The van der Waals surface area contributed by atoms with Gasteiger partial charge in [0.1, 0.15) is 11.5 Å². The fourth-order valence-electron chi connectivity index (χ4n) is 2.10. The van der Waals surface area contributed by atoms with Gasteiger partial charge in [-0.05, 0) is 38.5 Å². The minimum absolute atomic E-state index is 0.138. The molecule has 0 saturated heterocycles. The molecule has 4 nitrogen and oxygen atoms in total. The molecular weight excluding hydrogens is 252 g/mol. The third-order valence-electron chi connectivity index (χ3n) is 3.32. The Bertz CT molecular complexity index is 676. The van der Waals surface area contributed by atoms with E-state index in [-0.39, 0.29) is 5.91 Å². The summed E-state index contributed by atoms with van der Waals surface area (Å²) in [6.45, 7) is 5.94. The van der Waals surface area contributed by atoms with Crippen LogP contribution in [-0.4, -0.2) is 5.91 Å². The fourth-order valence-corrected chi connectivity index (χ4v) is 2.10. The summed E-state index contributed by atoms with van der Waals surface area (Å²) in [6, 6.07) is 9.20. The minimum atomic E-state index is -0.138. The Hall–Kier alpha value is -2.54. The van der Waals surface area contributed by atoms with E-state index in [1.54, 1.807) is 19.1 Å². The van der Waals surface area contributed by atoms with Gasteiger partial charge in [0.15, 0.2) is 0 Å². The van der Waals surface area contributed by atoms with E-state index < -0.39 is 0 Å². The molecule has 2 rings (SSSR count). The number of nitrogens with zero attached hydrogens (tertiary/aromatic N) is 1. The molecule has 0 aliphatic rings. The van der Waals surface area contributed by atoms with Crippen LogP contribution in [0.5, 0.6) is 0 Å². The summed E-state index contributed by atoms with van der Waals surface area (Å²) in [6.07, 6.45) is 0. The van der Waals surface area contributed by atoms with Crippen LogP contribution in [0.2, 0.25) is 0 Å². The number of hydrogen-bond donors (Lipinski definition) is 1. The molecular formula is C16H16N2O2. The van der Waals surface area contributed by atoms with Gasteiger partial charge in [0.2, 0.25) is 0 Å². The predicted octanol–water partition coefficient (Wildman–Crippen LogP) is 3.01. The second-order valence-electron chi connectivity index (χ2n) is 4.71. The number of nitriles is 1. The summed E-state index contributed by atoms with van der Waals surface area (Å²) < 4.78 is 5.45. The smallest absolute Gasteiger partial charge is 0.255 e. The highest BCUT2D eigenvalue weighted by Crippen LogP contribution is 2.20. The van der Waals surface area contributed by atoms with E-state index in [2.05, 4.69) is 11.4 Å². The van der Waals surface area contributed by atoms with E-state index in [4.69, 9.17) is 9.68 Å². The zero-order chi connectivity index (χ0) is 14.7. The second kappa shape index (κ2) is 5.62. The number of carbonyl (C=O) groups excluding carboxylic acids is 1. The molecule has 0 aliphatic carbocycles.